The van der Waals surface area contributed by atoms with Gasteiger partial charge >= 0.3 is 0 Å². The van der Waals surface area contributed by atoms with Crippen molar-refractivity contribution in [3.05, 3.63) is 36.0 Å². The second kappa shape index (κ2) is 5.70. The van der Waals surface area contributed by atoms with Crippen LogP contribution < -0.4 is 5.32 Å². The highest BCUT2D eigenvalue weighted by atomic mass is 79.9. The Bertz CT molecular complexity index is 610. The molecule has 0 fully saturated rings. The Labute approximate surface area is 121 Å². The highest BCUT2D eigenvalue weighted by Crippen LogP contribution is 2.23. The lowest BCUT2D eigenvalue weighted by molar-refractivity contribution is -0.116. The molecule has 2 aromatic rings. The van der Waals surface area contributed by atoms with Crippen molar-refractivity contribution >= 4 is 38.4 Å². The smallest absolute Gasteiger partial charge is 0.238 e. The van der Waals surface area contributed by atoms with Crippen LogP contribution in [0.3, 0.4) is 0 Å². The summed E-state index contributed by atoms with van der Waals surface area (Å²) in [6, 6.07) is 9.78. The summed E-state index contributed by atoms with van der Waals surface area (Å²) < 4.78 is 0. The molecule has 1 aromatic heterocycles. The first-order valence-corrected chi connectivity index (χ1v) is 7.22. The molecule has 1 atom stereocenters. The van der Waals surface area contributed by atoms with Crippen LogP contribution in [0.25, 0.3) is 10.9 Å². The fourth-order valence-electron chi connectivity index (χ4n) is 1.85. The lowest BCUT2D eigenvalue weighted by atomic mass is 10.1. The van der Waals surface area contributed by atoms with Crippen molar-refractivity contribution in [2.45, 2.75) is 25.6 Å². The van der Waals surface area contributed by atoms with E-state index in [4.69, 9.17) is 0 Å². The van der Waals surface area contributed by atoms with Crippen molar-refractivity contribution in [2.75, 3.05) is 5.32 Å². The Hall–Kier alpha value is -1.42. The van der Waals surface area contributed by atoms with Gasteiger partial charge in [0.15, 0.2) is 0 Å². The van der Waals surface area contributed by atoms with Crippen molar-refractivity contribution < 1.29 is 4.79 Å². The number of pyridine rings is 1. The molecule has 0 bridgehead atoms. The molecule has 0 radical (unpaired) electrons. The maximum atomic E-state index is 12.1. The number of nitrogens with zero attached hydrogens (tertiary/aromatic N) is 1. The van der Waals surface area contributed by atoms with E-state index in [2.05, 4.69) is 26.2 Å². The van der Waals surface area contributed by atoms with E-state index in [0.717, 1.165) is 22.3 Å². The number of halogens is 1. The van der Waals surface area contributed by atoms with Crippen LogP contribution in [0.4, 0.5) is 5.69 Å². The van der Waals surface area contributed by atoms with E-state index in [1.807, 2.05) is 51.1 Å². The van der Waals surface area contributed by atoms with Crippen LogP contribution in [0.1, 0.15) is 19.5 Å². The van der Waals surface area contributed by atoms with Crippen molar-refractivity contribution in [1.82, 2.24) is 4.98 Å². The molecule has 1 amide bonds. The zero-order valence-corrected chi connectivity index (χ0v) is 12.9. The quantitative estimate of drug-likeness (QED) is 0.871. The first-order chi connectivity index (χ1) is 8.99. The molecule has 0 saturated heterocycles. The molecule has 2 rings (SSSR count). The number of amides is 1. The lowest BCUT2D eigenvalue weighted by Gasteiger charge is -2.14. The van der Waals surface area contributed by atoms with Crippen molar-refractivity contribution in [3.63, 3.8) is 0 Å². The molecule has 100 valence electrons. The van der Waals surface area contributed by atoms with Crippen LogP contribution in [0, 0.1) is 12.8 Å². The number of hydrogen-bond acceptors (Lipinski definition) is 2. The van der Waals surface area contributed by atoms with Gasteiger partial charge in [0, 0.05) is 11.1 Å². The number of carbonyl (C=O) groups excluding carboxylic acids is 1. The monoisotopic (exact) mass is 320 g/mol. The molecule has 4 heteroatoms. The van der Waals surface area contributed by atoms with E-state index in [0.29, 0.717) is 0 Å². The standard InChI is InChI=1S/C15H17BrN2O/c1-9(2)13(16)15(19)18-12-6-4-5-11-8-7-10(3)17-14(11)12/h4-9,13H,1-3H3,(H,18,19). The summed E-state index contributed by atoms with van der Waals surface area (Å²) in [5.74, 6) is 0.204. The second-order valence-corrected chi connectivity index (χ2v) is 5.95. The van der Waals surface area contributed by atoms with E-state index < -0.39 is 0 Å². The minimum absolute atomic E-state index is 0.0363. The fraction of sp³-hybridized carbons (Fsp3) is 0.333. The number of rotatable bonds is 3. The minimum Gasteiger partial charge on any atom is -0.323 e. The summed E-state index contributed by atoms with van der Waals surface area (Å²) in [5.41, 5.74) is 2.53. The molecule has 1 unspecified atom stereocenters. The number of aryl methyl sites for hydroxylation is 1. The first-order valence-electron chi connectivity index (χ1n) is 6.30. The van der Waals surface area contributed by atoms with Gasteiger partial charge in [0.25, 0.3) is 0 Å². The average Bonchev–Trinajstić information content (AvgIpc) is 2.38. The number of anilines is 1. The van der Waals surface area contributed by atoms with Crippen molar-refractivity contribution in [3.8, 4) is 0 Å². The highest BCUT2D eigenvalue weighted by molar-refractivity contribution is 9.10. The molecular formula is C15H17BrN2O. The highest BCUT2D eigenvalue weighted by Gasteiger charge is 2.19. The molecule has 1 aromatic carbocycles. The van der Waals surface area contributed by atoms with Gasteiger partial charge < -0.3 is 5.32 Å². The number of hydrogen-bond donors (Lipinski definition) is 1. The zero-order chi connectivity index (χ0) is 14.0. The summed E-state index contributed by atoms with van der Waals surface area (Å²) in [7, 11) is 0. The Morgan fingerprint density at radius 3 is 2.68 bits per heavy atom. The van der Waals surface area contributed by atoms with E-state index in [9.17, 15) is 4.79 Å². The number of carbonyl (C=O) groups is 1. The normalized spacial score (nSPS) is 12.7. The number of benzene rings is 1. The van der Waals surface area contributed by atoms with Crippen LogP contribution in [0.2, 0.25) is 0 Å². The summed E-state index contributed by atoms with van der Waals surface area (Å²) in [6.45, 7) is 5.95. The van der Waals surface area contributed by atoms with Crippen molar-refractivity contribution in [1.29, 1.82) is 0 Å². The van der Waals surface area contributed by atoms with Gasteiger partial charge in [-0.1, -0.05) is 48.0 Å². The van der Waals surface area contributed by atoms with Gasteiger partial charge in [0.1, 0.15) is 0 Å². The Morgan fingerprint density at radius 2 is 2.00 bits per heavy atom. The van der Waals surface area contributed by atoms with Gasteiger partial charge in [-0.15, -0.1) is 0 Å². The average molecular weight is 321 g/mol. The second-order valence-electron chi connectivity index (χ2n) is 4.96. The molecule has 0 aliphatic rings. The molecule has 19 heavy (non-hydrogen) atoms. The van der Waals surface area contributed by atoms with Crippen LogP contribution in [-0.4, -0.2) is 15.7 Å². The molecular weight excluding hydrogens is 304 g/mol. The molecule has 0 spiro atoms. The Kier molecular flexibility index (Phi) is 4.20. The maximum absolute atomic E-state index is 12.1. The topological polar surface area (TPSA) is 42.0 Å². The Balaban J connectivity index is 2.35. The Morgan fingerprint density at radius 1 is 1.26 bits per heavy atom. The minimum atomic E-state index is -0.201. The third-order valence-corrected chi connectivity index (χ3v) is 4.43. The number of alkyl halides is 1. The predicted octanol–water partition coefficient (Wildman–Crippen LogP) is 3.90. The maximum Gasteiger partial charge on any atom is 0.238 e. The van der Waals surface area contributed by atoms with Crippen LogP contribution >= 0.6 is 15.9 Å². The summed E-state index contributed by atoms with van der Waals surface area (Å²) in [6.07, 6.45) is 0. The van der Waals surface area contributed by atoms with E-state index in [-0.39, 0.29) is 16.7 Å². The zero-order valence-electron chi connectivity index (χ0n) is 11.3. The fourth-order valence-corrected chi connectivity index (χ4v) is 1.96. The summed E-state index contributed by atoms with van der Waals surface area (Å²) in [4.78, 5) is 16.4. The number of para-hydroxylation sites is 1. The number of fused-ring (bicyclic) bond motifs is 1. The molecule has 3 nitrogen and oxygen atoms in total. The molecule has 0 saturated carbocycles. The molecule has 0 aliphatic heterocycles. The first kappa shape index (κ1) is 14.0. The van der Waals surface area contributed by atoms with Crippen LogP contribution in [-0.2, 0) is 4.79 Å². The SMILES string of the molecule is Cc1ccc2cccc(NC(=O)C(Br)C(C)C)c2n1. The van der Waals surface area contributed by atoms with E-state index >= 15 is 0 Å². The number of aromatic nitrogens is 1. The molecule has 1 heterocycles. The van der Waals surface area contributed by atoms with E-state index in [1.54, 1.807) is 0 Å². The van der Waals surface area contributed by atoms with Gasteiger partial charge in [-0.05, 0) is 25.0 Å². The van der Waals surface area contributed by atoms with Crippen LogP contribution in [0.5, 0.6) is 0 Å². The van der Waals surface area contributed by atoms with Gasteiger partial charge in [0.2, 0.25) is 5.91 Å². The third kappa shape index (κ3) is 3.13. The van der Waals surface area contributed by atoms with Gasteiger partial charge in [0.05, 0.1) is 16.0 Å². The summed E-state index contributed by atoms with van der Waals surface area (Å²) >= 11 is 3.41. The predicted molar refractivity (Wildman–Crippen MR) is 82.7 cm³/mol. The van der Waals surface area contributed by atoms with Gasteiger partial charge in [-0.25, -0.2) is 0 Å². The van der Waals surface area contributed by atoms with Gasteiger partial charge in [-0.2, -0.15) is 0 Å². The number of nitrogens with one attached hydrogen (secondary N) is 1. The molecule has 0 aliphatic carbocycles. The van der Waals surface area contributed by atoms with Gasteiger partial charge in [-0.3, -0.25) is 9.78 Å². The largest absolute Gasteiger partial charge is 0.323 e. The lowest BCUT2D eigenvalue weighted by Crippen LogP contribution is -2.27. The van der Waals surface area contributed by atoms with Crippen LogP contribution in [0.15, 0.2) is 30.3 Å². The third-order valence-electron chi connectivity index (χ3n) is 2.95. The summed E-state index contributed by atoms with van der Waals surface area (Å²) in [5, 5.41) is 3.97. The van der Waals surface area contributed by atoms with E-state index in [1.165, 1.54) is 0 Å². The molecule has 1 N–H and O–H groups in total. The van der Waals surface area contributed by atoms with Crippen molar-refractivity contribution in [2.24, 2.45) is 5.92 Å².